The predicted molar refractivity (Wildman–Crippen MR) is 98.7 cm³/mol. The summed E-state index contributed by atoms with van der Waals surface area (Å²) in [6.45, 7) is -0.142. The SMILES string of the molecule is O=C(COc1cccc(Cl)c1)NN=Cc1c[nH]c2ccc(Br)cc12. The number of aromatic amines is 1. The molecule has 122 valence electrons. The summed E-state index contributed by atoms with van der Waals surface area (Å²) in [5, 5.41) is 5.52. The van der Waals surface area contributed by atoms with Crippen LogP contribution in [0, 0.1) is 0 Å². The molecular weight excluding hydrogens is 394 g/mol. The Bertz CT molecular complexity index is 908. The van der Waals surface area contributed by atoms with Crippen molar-refractivity contribution in [3.8, 4) is 5.75 Å². The van der Waals surface area contributed by atoms with Gasteiger partial charge in [0.2, 0.25) is 0 Å². The molecule has 3 rings (SSSR count). The minimum absolute atomic E-state index is 0.142. The number of carbonyl (C=O) groups is 1. The first-order valence-electron chi connectivity index (χ1n) is 7.09. The van der Waals surface area contributed by atoms with Gasteiger partial charge in [-0.25, -0.2) is 5.43 Å². The molecule has 0 atom stereocenters. The van der Waals surface area contributed by atoms with Gasteiger partial charge < -0.3 is 9.72 Å². The third-order valence-electron chi connectivity index (χ3n) is 3.23. The molecule has 0 spiro atoms. The van der Waals surface area contributed by atoms with Crippen LogP contribution in [0.5, 0.6) is 5.75 Å². The standard InChI is InChI=1S/C17H13BrClN3O2/c18-12-4-5-16-15(6-12)11(8-20-16)9-21-22-17(23)10-24-14-3-1-2-13(19)7-14/h1-9,20H,10H2,(H,22,23). The molecule has 2 aromatic carbocycles. The van der Waals surface area contributed by atoms with E-state index in [1.54, 1.807) is 30.5 Å². The van der Waals surface area contributed by atoms with Crippen LogP contribution >= 0.6 is 27.5 Å². The molecule has 0 saturated carbocycles. The molecule has 0 aliphatic heterocycles. The number of hydrazone groups is 1. The van der Waals surface area contributed by atoms with Crippen LogP contribution in [0.25, 0.3) is 10.9 Å². The first kappa shape index (κ1) is 16.5. The van der Waals surface area contributed by atoms with Crippen molar-refractivity contribution in [2.24, 2.45) is 5.10 Å². The van der Waals surface area contributed by atoms with Gasteiger partial charge in [0.25, 0.3) is 5.91 Å². The maximum atomic E-state index is 11.7. The van der Waals surface area contributed by atoms with Crippen molar-refractivity contribution in [3.05, 3.63) is 63.7 Å². The second kappa shape index (κ2) is 7.51. The summed E-state index contributed by atoms with van der Waals surface area (Å²) in [6.07, 6.45) is 3.41. The van der Waals surface area contributed by atoms with E-state index in [1.165, 1.54) is 0 Å². The minimum Gasteiger partial charge on any atom is -0.484 e. The summed E-state index contributed by atoms with van der Waals surface area (Å²) in [6, 6.07) is 12.8. The zero-order valence-corrected chi connectivity index (χ0v) is 14.8. The highest BCUT2D eigenvalue weighted by Crippen LogP contribution is 2.21. The van der Waals surface area contributed by atoms with Crippen LogP contribution in [-0.2, 0) is 4.79 Å². The van der Waals surface area contributed by atoms with Crippen molar-refractivity contribution < 1.29 is 9.53 Å². The van der Waals surface area contributed by atoms with Gasteiger partial charge in [-0.15, -0.1) is 0 Å². The molecule has 2 N–H and O–H groups in total. The number of ether oxygens (including phenoxy) is 1. The van der Waals surface area contributed by atoms with Gasteiger partial charge in [-0.3, -0.25) is 4.79 Å². The fourth-order valence-electron chi connectivity index (χ4n) is 2.13. The summed E-state index contributed by atoms with van der Waals surface area (Å²) < 4.78 is 6.31. The van der Waals surface area contributed by atoms with Crippen LogP contribution in [0.2, 0.25) is 5.02 Å². The number of nitrogens with one attached hydrogen (secondary N) is 2. The van der Waals surface area contributed by atoms with Crippen LogP contribution in [0.15, 0.2) is 58.2 Å². The molecule has 3 aromatic rings. The Balaban J connectivity index is 1.57. The highest BCUT2D eigenvalue weighted by Gasteiger charge is 2.04. The molecule has 0 saturated heterocycles. The topological polar surface area (TPSA) is 66.5 Å². The Kier molecular flexibility index (Phi) is 5.17. The highest BCUT2D eigenvalue weighted by atomic mass is 79.9. The summed E-state index contributed by atoms with van der Waals surface area (Å²) in [5.74, 6) is 0.176. The van der Waals surface area contributed by atoms with Gasteiger partial charge in [0.1, 0.15) is 5.75 Å². The lowest BCUT2D eigenvalue weighted by atomic mass is 10.2. The third kappa shape index (κ3) is 4.15. The molecule has 0 bridgehead atoms. The van der Waals surface area contributed by atoms with Gasteiger partial charge in [0.05, 0.1) is 6.21 Å². The number of H-pyrrole nitrogens is 1. The van der Waals surface area contributed by atoms with E-state index in [-0.39, 0.29) is 12.5 Å². The molecule has 0 fully saturated rings. The van der Waals surface area contributed by atoms with E-state index in [9.17, 15) is 4.79 Å². The first-order chi connectivity index (χ1) is 11.6. The molecule has 1 aromatic heterocycles. The Labute approximate surface area is 151 Å². The smallest absolute Gasteiger partial charge is 0.277 e. The Morgan fingerprint density at radius 2 is 2.21 bits per heavy atom. The van der Waals surface area contributed by atoms with Crippen molar-refractivity contribution in [3.63, 3.8) is 0 Å². The second-order valence-electron chi connectivity index (χ2n) is 4.97. The molecular formula is C17H13BrClN3O2. The van der Waals surface area contributed by atoms with Gasteiger partial charge in [-0.2, -0.15) is 5.10 Å². The van der Waals surface area contributed by atoms with Gasteiger partial charge in [-0.05, 0) is 36.4 Å². The largest absolute Gasteiger partial charge is 0.484 e. The second-order valence-corrected chi connectivity index (χ2v) is 6.33. The number of amides is 1. The lowest BCUT2D eigenvalue weighted by Gasteiger charge is -2.04. The average molecular weight is 407 g/mol. The van der Waals surface area contributed by atoms with Crippen molar-refractivity contribution in [1.29, 1.82) is 0 Å². The van der Waals surface area contributed by atoms with E-state index in [0.717, 1.165) is 20.9 Å². The first-order valence-corrected chi connectivity index (χ1v) is 8.26. The number of fused-ring (bicyclic) bond motifs is 1. The minimum atomic E-state index is -0.354. The van der Waals surface area contributed by atoms with E-state index >= 15 is 0 Å². The Morgan fingerprint density at radius 1 is 1.33 bits per heavy atom. The van der Waals surface area contributed by atoms with E-state index in [2.05, 4.69) is 31.4 Å². The van der Waals surface area contributed by atoms with Crippen LogP contribution in [0.1, 0.15) is 5.56 Å². The number of hydrogen-bond donors (Lipinski definition) is 2. The maximum Gasteiger partial charge on any atom is 0.277 e. The summed E-state index contributed by atoms with van der Waals surface area (Å²) in [7, 11) is 0. The van der Waals surface area contributed by atoms with Gasteiger partial charge in [0, 0.05) is 32.2 Å². The number of hydrogen-bond acceptors (Lipinski definition) is 3. The fourth-order valence-corrected chi connectivity index (χ4v) is 2.67. The zero-order valence-electron chi connectivity index (χ0n) is 12.4. The highest BCUT2D eigenvalue weighted by molar-refractivity contribution is 9.10. The maximum absolute atomic E-state index is 11.7. The van der Waals surface area contributed by atoms with Crippen molar-refractivity contribution in [2.75, 3.05) is 6.61 Å². The quantitative estimate of drug-likeness (QED) is 0.494. The van der Waals surface area contributed by atoms with E-state index < -0.39 is 0 Å². The zero-order chi connectivity index (χ0) is 16.9. The number of carbonyl (C=O) groups excluding carboxylic acids is 1. The summed E-state index contributed by atoms with van der Waals surface area (Å²) in [4.78, 5) is 14.9. The van der Waals surface area contributed by atoms with Crippen molar-refractivity contribution in [1.82, 2.24) is 10.4 Å². The normalized spacial score (nSPS) is 11.1. The number of rotatable bonds is 5. The average Bonchev–Trinajstić information content (AvgIpc) is 2.95. The van der Waals surface area contributed by atoms with Crippen LogP contribution in [0.3, 0.4) is 0 Å². The van der Waals surface area contributed by atoms with E-state index in [0.29, 0.717) is 10.8 Å². The van der Waals surface area contributed by atoms with Crippen LogP contribution < -0.4 is 10.2 Å². The van der Waals surface area contributed by atoms with E-state index in [4.69, 9.17) is 16.3 Å². The molecule has 0 aliphatic rings. The molecule has 0 unspecified atom stereocenters. The van der Waals surface area contributed by atoms with Crippen molar-refractivity contribution in [2.45, 2.75) is 0 Å². The number of benzene rings is 2. The lowest BCUT2D eigenvalue weighted by Crippen LogP contribution is -2.24. The number of halogens is 2. The molecule has 0 radical (unpaired) electrons. The molecule has 1 heterocycles. The Morgan fingerprint density at radius 3 is 3.04 bits per heavy atom. The molecule has 1 amide bonds. The number of aromatic nitrogens is 1. The lowest BCUT2D eigenvalue weighted by molar-refractivity contribution is -0.123. The fraction of sp³-hybridized carbons (Fsp3) is 0.0588. The molecule has 24 heavy (non-hydrogen) atoms. The van der Waals surface area contributed by atoms with Crippen molar-refractivity contribution >= 4 is 50.6 Å². The number of nitrogens with zero attached hydrogens (tertiary/aromatic N) is 1. The van der Waals surface area contributed by atoms with Gasteiger partial charge in [0.15, 0.2) is 6.61 Å². The molecule has 0 aliphatic carbocycles. The predicted octanol–water partition coefficient (Wildman–Crippen LogP) is 4.11. The molecule has 5 nitrogen and oxygen atoms in total. The molecule has 7 heteroatoms. The van der Waals surface area contributed by atoms with E-state index in [1.807, 2.05) is 24.4 Å². The Hall–Kier alpha value is -2.31. The summed E-state index contributed by atoms with van der Waals surface area (Å²) >= 11 is 9.29. The van der Waals surface area contributed by atoms with Gasteiger partial charge in [-0.1, -0.05) is 33.6 Å². The monoisotopic (exact) mass is 405 g/mol. The third-order valence-corrected chi connectivity index (χ3v) is 3.96. The van der Waals surface area contributed by atoms with Crippen LogP contribution in [-0.4, -0.2) is 23.7 Å². The van der Waals surface area contributed by atoms with Gasteiger partial charge >= 0.3 is 0 Å². The van der Waals surface area contributed by atoms with Crippen LogP contribution in [0.4, 0.5) is 0 Å². The summed E-state index contributed by atoms with van der Waals surface area (Å²) in [5.41, 5.74) is 4.30.